The van der Waals surface area contributed by atoms with Crippen molar-refractivity contribution in [3.63, 3.8) is 0 Å². The number of nitrogens with two attached hydrogens (primary N) is 1. The zero-order valence-corrected chi connectivity index (χ0v) is 30.1. The molecule has 276 valence electrons. The first kappa shape index (κ1) is 44.7. The maximum Gasteiger partial charge on any atom is 0.327 e. The molecule has 0 heterocycles. The molecular weight excluding hydrogens is 658 g/mol. The summed E-state index contributed by atoms with van der Waals surface area (Å²) in [6.07, 6.45) is 2.61. The second kappa shape index (κ2) is 22.4. The fourth-order valence-corrected chi connectivity index (χ4v) is 4.32. The summed E-state index contributed by atoms with van der Waals surface area (Å²) in [6, 6.07) is -4.26. The monoisotopic (exact) mass is 711 g/mol. The quantitative estimate of drug-likeness (QED) is 0.0287. The summed E-state index contributed by atoms with van der Waals surface area (Å²) in [6.45, 7) is 19.4. The third kappa shape index (κ3) is 15.2. The third-order valence-electron chi connectivity index (χ3n) is 7.52. The Kier molecular flexibility index (Phi) is 20.4. The standard InChI is InChI=1S/C31H53N9O8S/c1-10-16(6)23(37-25(41)18(8)33-27(43)20(12-3)35-30(46)24(38-32)17(7)11-2)29(45)34-19(9)26(42)40-39-21(13-15(4)5)28(44)36-22(14-49)31(47)48/h12,15-17,21-24,38-39,49H,8-11,13-14,32H2,1-7H3,(H,33,43)(H,34,45)(H,35,46)(H,36,44)(H,37,41)(H,40,42)(H,47,48)/b20-12-/t16?,17-,21+,22+,23+,24+/m1/s1. The number of amides is 6. The van der Waals surface area contributed by atoms with Gasteiger partial charge in [0, 0.05) is 5.75 Å². The SMILES string of the molecule is C=C(NC(=O)[C@@H](NC(=O)C(=C)NC(=O)/C(=C/C)NC(=O)[C@@H](NN)[C@H](C)CC)C(C)CC)C(=O)NN[C@@H](CC(C)C)C(=O)N[C@@H](CS)C(=O)O. The molecule has 0 aliphatic rings. The number of thiol groups is 1. The lowest BCUT2D eigenvalue weighted by molar-refractivity contribution is -0.141. The van der Waals surface area contributed by atoms with E-state index in [0.717, 1.165) is 0 Å². The van der Waals surface area contributed by atoms with Crippen molar-refractivity contribution >= 4 is 54.0 Å². The Balaban J connectivity index is 5.50. The molecule has 0 saturated heterocycles. The van der Waals surface area contributed by atoms with Gasteiger partial charge < -0.3 is 31.7 Å². The number of allylic oxidation sites excluding steroid dienone is 1. The number of carboxylic acids is 1. The molecule has 0 bridgehead atoms. The minimum Gasteiger partial charge on any atom is -0.480 e. The van der Waals surface area contributed by atoms with Gasteiger partial charge in [0.15, 0.2) is 0 Å². The van der Waals surface area contributed by atoms with Crippen LogP contribution in [0.15, 0.2) is 36.3 Å². The van der Waals surface area contributed by atoms with Gasteiger partial charge in [-0.3, -0.25) is 40.0 Å². The molecule has 18 heteroatoms. The Labute approximate surface area is 292 Å². The molecule has 49 heavy (non-hydrogen) atoms. The van der Waals surface area contributed by atoms with Crippen LogP contribution in [-0.4, -0.2) is 76.4 Å². The number of hydrogen-bond donors (Lipinski definition) is 11. The van der Waals surface area contributed by atoms with Crippen molar-refractivity contribution in [2.75, 3.05) is 5.75 Å². The Bertz CT molecular complexity index is 1270. The first-order valence-electron chi connectivity index (χ1n) is 15.8. The van der Waals surface area contributed by atoms with E-state index in [-0.39, 0.29) is 29.7 Å². The molecule has 0 saturated carbocycles. The second-order valence-electron chi connectivity index (χ2n) is 11.8. The molecule has 0 aromatic heterocycles. The smallest absolute Gasteiger partial charge is 0.327 e. The Hall–Kier alpha value is -4.26. The van der Waals surface area contributed by atoms with Crippen molar-refractivity contribution in [3.05, 3.63) is 36.3 Å². The van der Waals surface area contributed by atoms with E-state index < -0.39 is 82.9 Å². The summed E-state index contributed by atoms with van der Waals surface area (Å²) in [5.74, 6) is -1.25. The van der Waals surface area contributed by atoms with Gasteiger partial charge >= 0.3 is 5.97 Å². The number of rotatable bonds is 22. The molecule has 0 fully saturated rings. The maximum absolute atomic E-state index is 13.2. The van der Waals surface area contributed by atoms with Gasteiger partial charge in [-0.05, 0) is 31.1 Å². The van der Waals surface area contributed by atoms with Crippen LogP contribution in [0.4, 0.5) is 0 Å². The van der Waals surface area contributed by atoms with E-state index in [4.69, 9.17) is 5.84 Å². The van der Waals surface area contributed by atoms with E-state index in [9.17, 15) is 38.7 Å². The molecular formula is C31H53N9O8S. The Morgan fingerprint density at radius 2 is 1.29 bits per heavy atom. The van der Waals surface area contributed by atoms with Gasteiger partial charge in [0.1, 0.15) is 35.6 Å². The highest BCUT2D eigenvalue weighted by molar-refractivity contribution is 7.80. The van der Waals surface area contributed by atoms with Crippen molar-refractivity contribution in [2.24, 2.45) is 23.6 Å². The first-order chi connectivity index (χ1) is 22.9. The average Bonchev–Trinajstić information content (AvgIpc) is 3.05. The fraction of sp³-hybridized carbons (Fsp3) is 0.581. The largest absolute Gasteiger partial charge is 0.480 e. The molecule has 0 spiro atoms. The summed E-state index contributed by atoms with van der Waals surface area (Å²) in [4.78, 5) is 88.4. The molecule has 0 aromatic rings. The number of carbonyl (C=O) groups excluding carboxylic acids is 6. The van der Waals surface area contributed by atoms with Gasteiger partial charge in [0.2, 0.25) is 17.7 Å². The molecule has 0 aromatic carbocycles. The number of carbonyl (C=O) groups is 7. The van der Waals surface area contributed by atoms with E-state index in [2.05, 4.69) is 68.6 Å². The van der Waals surface area contributed by atoms with E-state index in [1.165, 1.54) is 13.0 Å². The van der Waals surface area contributed by atoms with E-state index in [0.29, 0.717) is 12.8 Å². The average molecular weight is 712 g/mol. The summed E-state index contributed by atoms with van der Waals surface area (Å²) in [7, 11) is 0. The van der Waals surface area contributed by atoms with Crippen LogP contribution in [0.3, 0.4) is 0 Å². The van der Waals surface area contributed by atoms with E-state index in [1.54, 1.807) is 13.8 Å². The van der Waals surface area contributed by atoms with Gasteiger partial charge in [-0.2, -0.15) is 12.6 Å². The third-order valence-corrected chi connectivity index (χ3v) is 7.88. The molecule has 0 rings (SSSR count). The van der Waals surface area contributed by atoms with Crippen LogP contribution in [0, 0.1) is 17.8 Å². The van der Waals surface area contributed by atoms with Crippen molar-refractivity contribution in [1.29, 1.82) is 0 Å². The summed E-state index contributed by atoms with van der Waals surface area (Å²) < 4.78 is 0. The molecule has 6 atom stereocenters. The van der Waals surface area contributed by atoms with E-state index >= 15 is 0 Å². The number of hydrogen-bond acceptors (Lipinski definition) is 11. The second-order valence-corrected chi connectivity index (χ2v) is 12.2. The topological polar surface area (TPSA) is 262 Å². The van der Waals surface area contributed by atoms with Crippen LogP contribution in [0.1, 0.15) is 67.7 Å². The maximum atomic E-state index is 13.2. The number of hydrazine groups is 2. The number of nitrogens with one attached hydrogen (secondary N) is 8. The molecule has 0 aliphatic carbocycles. The van der Waals surface area contributed by atoms with Crippen LogP contribution in [0.25, 0.3) is 0 Å². The Morgan fingerprint density at radius 3 is 1.76 bits per heavy atom. The van der Waals surface area contributed by atoms with Gasteiger partial charge in [-0.25, -0.2) is 15.6 Å². The van der Waals surface area contributed by atoms with E-state index in [1.807, 2.05) is 27.7 Å². The molecule has 0 radical (unpaired) electrons. The minimum absolute atomic E-state index is 0.0273. The fourth-order valence-electron chi connectivity index (χ4n) is 4.07. The van der Waals surface area contributed by atoms with Crippen molar-refractivity contribution in [3.8, 4) is 0 Å². The molecule has 1 unspecified atom stereocenters. The number of aliphatic carboxylic acids is 1. The summed E-state index contributed by atoms with van der Waals surface area (Å²) in [5, 5.41) is 21.1. The predicted octanol–water partition coefficient (Wildman–Crippen LogP) is -0.790. The first-order valence-corrected chi connectivity index (χ1v) is 16.5. The highest BCUT2D eigenvalue weighted by atomic mass is 32.1. The number of carboxylic acid groups (broad SMARTS) is 1. The molecule has 11 N–H and O–H groups in total. The van der Waals surface area contributed by atoms with Gasteiger partial charge in [-0.15, -0.1) is 0 Å². The van der Waals surface area contributed by atoms with Crippen LogP contribution in [0.5, 0.6) is 0 Å². The van der Waals surface area contributed by atoms with Gasteiger partial charge in [0.05, 0.1) is 5.70 Å². The molecule has 17 nitrogen and oxygen atoms in total. The highest BCUT2D eigenvalue weighted by Gasteiger charge is 2.30. The lowest BCUT2D eigenvalue weighted by Crippen LogP contribution is -2.57. The minimum atomic E-state index is -1.27. The lowest BCUT2D eigenvalue weighted by Gasteiger charge is -2.25. The molecule has 0 aliphatic heterocycles. The Morgan fingerprint density at radius 1 is 0.755 bits per heavy atom. The molecule has 6 amide bonds. The van der Waals surface area contributed by atoms with Gasteiger partial charge in [-0.1, -0.05) is 73.6 Å². The van der Waals surface area contributed by atoms with Crippen LogP contribution in [-0.2, 0) is 33.6 Å². The summed E-state index contributed by atoms with van der Waals surface area (Å²) >= 11 is 3.93. The van der Waals surface area contributed by atoms with Crippen LogP contribution >= 0.6 is 12.6 Å². The predicted molar refractivity (Wildman–Crippen MR) is 186 cm³/mol. The van der Waals surface area contributed by atoms with Crippen LogP contribution < -0.4 is 48.7 Å². The zero-order chi connectivity index (χ0) is 38.0. The van der Waals surface area contributed by atoms with Crippen molar-refractivity contribution < 1.29 is 38.7 Å². The van der Waals surface area contributed by atoms with Crippen molar-refractivity contribution in [2.45, 2.75) is 91.9 Å². The van der Waals surface area contributed by atoms with Crippen LogP contribution in [0.2, 0.25) is 0 Å². The zero-order valence-electron chi connectivity index (χ0n) is 29.2. The van der Waals surface area contributed by atoms with Crippen molar-refractivity contribution in [1.82, 2.24) is 42.9 Å². The summed E-state index contributed by atoms with van der Waals surface area (Å²) in [5.41, 5.74) is 6.24. The van der Waals surface area contributed by atoms with Gasteiger partial charge in [0.25, 0.3) is 17.7 Å². The lowest BCUT2D eigenvalue weighted by atomic mass is 9.98. The highest BCUT2D eigenvalue weighted by Crippen LogP contribution is 2.11. The normalized spacial score (nSPS) is 14.9.